The minimum atomic E-state index is -0.374. The Hall–Kier alpha value is -2.02. The van der Waals surface area contributed by atoms with Crippen LogP contribution in [0.5, 0.6) is 0 Å². The van der Waals surface area contributed by atoms with Crippen LogP contribution < -0.4 is 11.5 Å². The molecule has 0 saturated carbocycles. The Morgan fingerprint density at radius 2 is 2.38 bits per heavy atom. The number of furan rings is 1. The third-order valence-electron chi connectivity index (χ3n) is 1.65. The van der Waals surface area contributed by atoms with E-state index in [0.717, 1.165) is 11.8 Å². The third-order valence-corrected chi connectivity index (χ3v) is 2.53. The lowest BCUT2D eigenvalue weighted by molar-refractivity contribution is -0.113. The van der Waals surface area contributed by atoms with Crippen LogP contribution in [0.2, 0.25) is 0 Å². The van der Waals surface area contributed by atoms with Crippen molar-refractivity contribution < 1.29 is 9.21 Å². The summed E-state index contributed by atoms with van der Waals surface area (Å²) in [5, 5.41) is 0.239. The van der Waals surface area contributed by atoms with Gasteiger partial charge in [0.25, 0.3) is 5.91 Å². The van der Waals surface area contributed by atoms with E-state index in [1.165, 1.54) is 6.26 Å². The van der Waals surface area contributed by atoms with Gasteiger partial charge >= 0.3 is 0 Å². The first-order valence-electron chi connectivity index (χ1n) is 4.31. The van der Waals surface area contributed by atoms with Gasteiger partial charge in [-0.1, -0.05) is 0 Å². The molecular weight excluding hydrogens is 228 g/mol. The van der Waals surface area contributed by atoms with Gasteiger partial charge < -0.3 is 15.9 Å². The maximum Gasteiger partial charge on any atom is 0.286 e. The number of aliphatic imine (C=N–C) groups is 2. The normalized spacial score (nSPS) is 17.6. The fourth-order valence-corrected chi connectivity index (χ4v) is 1.84. The zero-order valence-electron chi connectivity index (χ0n) is 8.08. The molecule has 82 valence electrons. The summed E-state index contributed by atoms with van der Waals surface area (Å²) >= 11 is 1.10. The predicted octanol–water partition coefficient (Wildman–Crippen LogP) is 0.523. The Morgan fingerprint density at radius 3 is 3.00 bits per heavy atom. The molecule has 2 rings (SSSR count). The van der Waals surface area contributed by atoms with Gasteiger partial charge in [-0.25, -0.2) is 0 Å². The first kappa shape index (κ1) is 10.5. The molecule has 0 fully saturated rings. The Kier molecular flexibility index (Phi) is 2.78. The Bertz CT molecular complexity index is 498. The van der Waals surface area contributed by atoms with E-state index in [-0.39, 0.29) is 17.0 Å². The van der Waals surface area contributed by atoms with Crippen molar-refractivity contribution in [2.24, 2.45) is 21.5 Å². The molecule has 0 unspecified atom stereocenters. The van der Waals surface area contributed by atoms with Crippen LogP contribution in [0.1, 0.15) is 5.76 Å². The number of carbonyl (C=O) groups excluding carboxylic acids is 1. The van der Waals surface area contributed by atoms with E-state index >= 15 is 0 Å². The molecule has 1 aromatic heterocycles. The molecule has 0 saturated heterocycles. The molecular formula is C9H8N4O2S. The lowest BCUT2D eigenvalue weighted by Crippen LogP contribution is -2.23. The fourth-order valence-electron chi connectivity index (χ4n) is 1.06. The highest BCUT2D eigenvalue weighted by Gasteiger charge is 2.21. The van der Waals surface area contributed by atoms with Crippen LogP contribution in [-0.4, -0.2) is 17.0 Å². The molecule has 2 heterocycles. The van der Waals surface area contributed by atoms with Gasteiger partial charge in [-0.15, -0.1) is 0 Å². The van der Waals surface area contributed by atoms with E-state index < -0.39 is 0 Å². The van der Waals surface area contributed by atoms with E-state index in [0.29, 0.717) is 10.7 Å². The highest BCUT2D eigenvalue weighted by molar-refractivity contribution is 8.18. The van der Waals surface area contributed by atoms with Gasteiger partial charge in [0, 0.05) is 6.08 Å². The van der Waals surface area contributed by atoms with E-state index in [1.807, 2.05) is 0 Å². The highest BCUT2D eigenvalue weighted by Crippen LogP contribution is 2.28. The van der Waals surface area contributed by atoms with Crippen LogP contribution in [0.3, 0.4) is 0 Å². The lowest BCUT2D eigenvalue weighted by atomic mass is 10.4. The van der Waals surface area contributed by atoms with E-state index in [2.05, 4.69) is 9.98 Å². The number of guanidine groups is 1. The van der Waals surface area contributed by atoms with Gasteiger partial charge in [0.05, 0.1) is 11.2 Å². The summed E-state index contributed by atoms with van der Waals surface area (Å²) in [5.74, 6) is 0.0803. The molecule has 1 aliphatic rings. The molecule has 0 atom stereocenters. The van der Waals surface area contributed by atoms with E-state index in [1.54, 1.807) is 18.2 Å². The van der Waals surface area contributed by atoms with Crippen molar-refractivity contribution in [2.75, 3.05) is 0 Å². The van der Waals surface area contributed by atoms with Gasteiger partial charge in [0.15, 0.2) is 11.1 Å². The van der Waals surface area contributed by atoms with Crippen LogP contribution in [-0.2, 0) is 4.79 Å². The van der Waals surface area contributed by atoms with E-state index in [9.17, 15) is 4.79 Å². The van der Waals surface area contributed by atoms with Crippen molar-refractivity contribution in [3.63, 3.8) is 0 Å². The number of nitrogens with two attached hydrogens (primary N) is 2. The second-order valence-corrected chi connectivity index (χ2v) is 3.87. The van der Waals surface area contributed by atoms with Crippen molar-refractivity contribution in [3.05, 3.63) is 29.1 Å². The average Bonchev–Trinajstić information content (AvgIpc) is 2.77. The summed E-state index contributed by atoms with van der Waals surface area (Å²) in [6, 6.07) is 3.47. The third kappa shape index (κ3) is 2.31. The monoisotopic (exact) mass is 236 g/mol. The second-order valence-electron chi connectivity index (χ2n) is 2.86. The number of rotatable bonds is 1. The SMILES string of the molecule is NC(N)=NC1=NC(=O)/C(=C/c2ccco2)S1. The van der Waals surface area contributed by atoms with E-state index in [4.69, 9.17) is 15.9 Å². The Balaban J connectivity index is 2.19. The molecule has 0 aliphatic carbocycles. The first-order valence-corrected chi connectivity index (χ1v) is 5.12. The van der Waals surface area contributed by atoms with Gasteiger partial charge in [-0.2, -0.15) is 9.98 Å². The topological polar surface area (TPSA) is 107 Å². The maximum atomic E-state index is 11.4. The average molecular weight is 236 g/mol. The van der Waals surface area contributed by atoms with Crippen LogP contribution in [0.4, 0.5) is 0 Å². The quantitative estimate of drug-likeness (QED) is 0.420. The summed E-state index contributed by atoms with van der Waals surface area (Å²) in [7, 11) is 0. The molecule has 0 spiro atoms. The van der Waals surface area contributed by atoms with Crippen molar-refractivity contribution in [3.8, 4) is 0 Å². The molecule has 0 bridgehead atoms. The van der Waals surface area contributed by atoms with Gasteiger partial charge in [0.1, 0.15) is 5.76 Å². The zero-order chi connectivity index (χ0) is 11.5. The Morgan fingerprint density at radius 1 is 1.56 bits per heavy atom. The minimum Gasteiger partial charge on any atom is -0.465 e. The summed E-state index contributed by atoms with van der Waals surface area (Å²) in [6.07, 6.45) is 3.11. The highest BCUT2D eigenvalue weighted by atomic mass is 32.2. The Labute approximate surface area is 95.1 Å². The number of nitrogens with zero attached hydrogens (tertiary/aromatic N) is 2. The largest absolute Gasteiger partial charge is 0.465 e. The molecule has 0 aromatic carbocycles. The predicted molar refractivity (Wildman–Crippen MR) is 62.5 cm³/mol. The molecule has 7 heteroatoms. The van der Waals surface area contributed by atoms with Gasteiger partial charge in [-0.05, 0) is 23.9 Å². The zero-order valence-corrected chi connectivity index (χ0v) is 8.90. The van der Waals surface area contributed by atoms with Crippen molar-refractivity contribution in [2.45, 2.75) is 0 Å². The lowest BCUT2D eigenvalue weighted by Gasteiger charge is -1.91. The number of hydrogen-bond donors (Lipinski definition) is 2. The van der Waals surface area contributed by atoms with Crippen molar-refractivity contribution in [1.29, 1.82) is 0 Å². The minimum absolute atomic E-state index is 0.127. The van der Waals surface area contributed by atoms with Crippen LogP contribution >= 0.6 is 11.8 Å². The van der Waals surface area contributed by atoms with Crippen LogP contribution in [0, 0.1) is 0 Å². The van der Waals surface area contributed by atoms with Gasteiger partial charge in [-0.3, -0.25) is 4.79 Å². The molecule has 6 nitrogen and oxygen atoms in total. The summed E-state index contributed by atoms with van der Waals surface area (Å²) in [4.78, 5) is 19.2. The van der Waals surface area contributed by atoms with Crippen LogP contribution in [0.25, 0.3) is 6.08 Å². The number of thioether (sulfide) groups is 1. The summed E-state index contributed by atoms with van der Waals surface area (Å²) < 4.78 is 5.08. The number of carbonyl (C=O) groups is 1. The molecule has 1 aliphatic heterocycles. The second kappa shape index (κ2) is 4.23. The molecule has 1 aromatic rings. The van der Waals surface area contributed by atoms with Crippen molar-refractivity contribution in [1.82, 2.24) is 0 Å². The molecule has 16 heavy (non-hydrogen) atoms. The van der Waals surface area contributed by atoms with Crippen molar-refractivity contribution >= 4 is 34.9 Å². The first-order chi connectivity index (χ1) is 7.65. The van der Waals surface area contributed by atoms with Crippen LogP contribution in [0.15, 0.2) is 37.7 Å². The number of hydrogen-bond acceptors (Lipinski definition) is 4. The standard InChI is InChI=1S/C9H8N4O2S/c10-8(11)13-9-12-7(14)6(16-9)4-5-2-1-3-15-5/h1-4H,(H4,10,11,12,13,14)/b6-4-. The van der Waals surface area contributed by atoms with Gasteiger partial charge in [0.2, 0.25) is 0 Å². The maximum absolute atomic E-state index is 11.4. The fraction of sp³-hybridized carbons (Fsp3) is 0. The smallest absolute Gasteiger partial charge is 0.286 e. The molecule has 4 N–H and O–H groups in total. The summed E-state index contributed by atoms with van der Waals surface area (Å²) in [5.41, 5.74) is 10.4. The molecule has 1 amide bonds. The number of amidine groups is 1. The number of amides is 1. The summed E-state index contributed by atoms with van der Waals surface area (Å²) in [6.45, 7) is 0. The molecule has 0 radical (unpaired) electrons.